The second-order valence-electron chi connectivity index (χ2n) is 2.33. The first-order valence-electron chi connectivity index (χ1n) is 3.82. The van der Waals surface area contributed by atoms with E-state index in [0.717, 1.165) is 5.75 Å². The van der Waals surface area contributed by atoms with Gasteiger partial charge in [0.25, 0.3) is 0 Å². The van der Waals surface area contributed by atoms with E-state index in [-0.39, 0.29) is 0 Å². The molecule has 1 rings (SSSR count). The summed E-state index contributed by atoms with van der Waals surface area (Å²) in [5, 5.41) is 0. The van der Waals surface area contributed by atoms with E-state index in [4.69, 9.17) is 4.74 Å². The van der Waals surface area contributed by atoms with Crippen LogP contribution in [-0.2, 0) is 0 Å². The van der Waals surface area contributed by atoms with Crippen LogP contribution in [0.4, 0.5) is 0 Å². The molecule has 64 valence electrons. The van der Waals surface area contributed by atoms with E-state index in [9.17, 15) is 0 Å². The molecular formula is C10H11IO. The van der Waals surface area contributed by atoms with Gasteiger partial charge in [0.2, 0.25) is 0 Å². The number of allylic oxidation sites excluding steroid dienone is 1. The van der Waals surface area contributed by atoms with Crippen molar-refractivity contribution < 1.29 is 4.74 Å². The number of rotatable bonds is 3. The number of hydrogen-bond donors (Lipinski definition) is 0. The van der Waals surface area contributed by atoms with Crippen molar-refractivity contribution in [2.75, 3.05) is 6.61 Å². The predicted octanol–water partition coefficient (Wildman–Crippen LogP) is 3.25. The van der Waals surface area contributed by atoms with Gasteiger partial charge in [-0.25, -0.2) is 0 Å². The van der Waals surface area contributed by atoms with Crippen LogP contribution in [0.1, 0.15) is 6.92 Å². The molecule has 0 radical (unpaired) electrons. The minimum absolute atomic E-state index is 0.650. The fraction of sp³-hybridized carbons (Fsp3) is 0.200. The maximum Gasteiger partial charge on any atom is 0.119 e. The van der Waals surface area contributed by atoms with Gasteiger partial charge in [-0.05, 0) is 53.8 Å². The molecule has 0 heterocycles. The number of hydrogen-bond acceptors (Lipinski definition) is 1. The van der Waals surface area contributed by atoms with Gasteiger partial charge in [0.15, 0.2) is 0 Å². The van der Waals surface area contributed by atoms with Gasteiger partial charge in [0.1, 0.15) is 12.4 Å². The highest BCUT2D eigenvalue weighted by atomic mass is 127. The molecule has 0 N–H and O–H groups in total. The second kappa shape index (κ2) is 5.19. The minimum atomic E-state index is 0.650. The highest BCUT2D eigenvalue weighted by molar-refractivity contribution is 14.1. The van der Waals surface area contributed by atoms with Crippen LogP contribution in [-0.4, -0.2) is 6.61 Å². The van der Waals surface area contributed by atoms with Crippen molar-refractivity contribution in [3.8, 4) is 5.75 Å². The molecule has 0 aliphatic rings. The van der Waals surface area contributed by atoms with Gasteiger partial charge in [0, 0.05) is 3.57 Å². The highest BCUT2D eigenvalue weighted by Crippen LogP contribution is 2.13. The Kier molecular flexibility index (Phi) is 4.14. The summed E-state index contributed by atoms with van der Waals surface area (Å²) in [5.74, 6) is 0.925. The lowest BCUT2D eigenvalue weighted by Crippen LogP contribution is -1.92. The van der Waals surface area contributed by atoms with E-state index < -0.39 is 0 Å². The molecule has 0 fully saturated rings. The zero-order chi connectivity index (χ0) is 8.81. The number of halogens is 1. The topological polar surface area (TPSA) is 9.23 Å². The molecule has 0 atom stereocenters. The summed E-state index contributed by atoms with van der Waals surface area (Å²) < 4.78 is 6.64. The van der Waals surface area contributed by atoms with Gasteiger partial charge >= 0.3 is 0 Å². The van der Waals surface area contributed by atoms with Crippen molar-refractivity contribution in [2.45, 2.75) is 6.92 Å². The molecule has 0 aliphatic carbocycles. The zero-order valence-electron chi connectivity index (χ0n) is 6.96. The number of ether oxygens (including phenoxy) is 1. The molecule has 1 aromatic rings. The highest BCUT2D eigenvalue weighted by Gasteiger charge is 1.89. The third-order valence-corrected chi connectivity index (χ3v) is 2.11. The Hall–Kier alpha value is -0.510. The van der Waals surface area contributed by atoms with E-state index in [1.54, 1.807) is 0 Å². The summed E-state index contributed by atoms with van der Waals surface area (Å²) >= 11 is 2.27. The van der Waals surface area contributed by atoms with Crippen LogP contribution in [0.25, 0.3) is 0 Å². The van der Waals surface area contributed by atoms with Gasteiger partial charge in [-0.15, -0.1) is 0 Å². The van der Waals surface area contributed by atoms with Crippen LogP contribution >= 0.6 is 22.6 Å². The van der Waals surface area contributed by atoms with Gasteiger partial charge in [-0.3, -0.25) is 0 Å². The first-order valence-corrected chi connectivity index (χ1v) is 4.90. The number of benzene rings is 1. The standard InChI is InChI=1S/C10H11IO/c1-2-3-8-12-10-6-4-9(11)5-7-10/h2-7H,8H2,1H3. The molecule has 0 aliphatic heterocycles. The Morgan fingerprint density at radius 2 is 2.00 bits per heavy atom. The molecule has 0 spiro atoms. The van der Waals surface area contributed by atoms with Crippen LogP contribution in [0.5, 0.6) is 5.75 Å². The largest absolute Gasteiger partial charge is 0.490 e. The Morgan fingerprint density at radius 3 is 2.58 bits per heavy atom. The lowest BCUT2D eigenvalue weighted by Gasteiger charge is -2.01. The van der Waals surface area contributed by atoms with E-state index >= 15 is 0 Å². The summed E-state index contributed by atoms with van der Waals surface area (Å²) in [6, 6.07) is 8.02. The van der Waals surface area contributed by atoms with Crippen LogP contribution in [0.2, 0.25) is 0 Å². The van der Waals surface area contributed by atoms with E-state index in [0.29, 0.717) is 6.61 Å². The van der Waals surface area contributed by atoms with Crippen molar-refractivity contribution in [3.05, 3.63) is 40.0 Å². The molecule has 0 aromatic heterocycles. The van der Waals surface area contributed by atoms with E-state index in [1.165, 1.54) is 3.57 Å². The van der Waals surface area contributed by atoms with Crippen LogP contribution in [0.15, 0.2) is 36.4 Å². The smallest absolute Gasteiger partial charge is 0.119 e. The summed E-state index contributed by atoms with van der Waals surface area (Å²) in [5.41, 5.74) is 0. The van der Waals surface area contributed by atoms with Crippen molar-refractivity contribution in [1.82, 2.24) is 0 Å². The normalized spacial score (nSPS) is 10.5. The van der Waals surface area contributed by atoms with Gasteiger partial charge in [-0.2, -0.15) is 0 Å². The minimum Gasteiger partial charge on any atom is -0.490 e. The maximum absolute atomic E-state index is 5.41. The van der Waals surface area contributed by atoms with Crippen molar-refractivity contribution in [3.63, 3.8) is 0 Å². The fourth-order valence-electron chi connectivity index (χ4n) is 0.771. The summed E-state index contributed by atoms with van der Waals surface area (Å²) in [6.45, 7) is 2.63. The Labute approximate surface area is 86.6 Å². The average Bonchev–Trinajstić information content (AvgIpc) is 2.09. The predicted molar refractivity (Wildman–Crippen MR) is 59.5 cm³/mol. The second-order valence-corrected chi connectivity index (χ2v) is 3.58. The Balaban J connectivity index is 2.47. The third kappa shape index (κ3) is 3.26. The lowest BCUT2D eigenvalue weighted by molar-refractivity contribution is 0.362. The molecule has 0 unspecified atom stereocenters. The van der Waals surface area contributed by atoms with E-state index in [2.05, 4.69) is 22.6 Å². The SMILES string of the molecule is CC=CCOc1ccc(I)cc1. The molecule has 0 saturated heterocycles. The van der Waals surface area contributed by atoms with Crippen LogP contribution in [0, 0.1) is 3.57 Å². The summed E-state index contributed by atoms with van der Waals surface area (Å²) in [4.78, 5) is 0. The quantitative estimate of drug-likeness (QED) is 0.607. The third-order valence-electron chi connectivity index (χ3n) is 1.40. The van der Waals surface area contributed by atoms with Crippen LogP contribution < -0.4 is 4.74 Å². The van der Waals surface area contributed by atoms with Gasteiger partial charge < -0.3 is 4.74 Å². The first-order chi connectivity index (χ1) is 5.83. The Bertz CT molecular complexity index is 251. The molecule has 0 saturated carbocycles. The van der Waals surface area contributed by atoms with Gasteiger partial charge in [-0.1, -0.05) is 12.2 Å². The van der Waals surface area contributed by atoms with Crippen molar-refractivity contribution in [1.29, 1.82) is 0 Å². The molecule has 2 heteroatoms. The Morgan fingerprint density at radius 1 is 1.33 bits per heavy atom. The molecule has 0 amide bonds. The zero-order valence-corrected chi connectivity index (χ0v) is 9.11. The van der Waals surface area contributed by atoms with Crippen molar-refractivity contribution >= 4 is 22.6 Å². The average molecular weight is 274 g/mol. The summed E-state index contributed by atoms with van der Waals surface area (Å²) in [6.07, 6.45) is 3.96. The fourth-order valence-corrected chi connectivity index (χ4v) is 1.13. The monoisotopic (exact) mass is 274 g/mol. The van der Waals surface area contributed by atoms with Crippen molar-refractivity contribution in [2.24, 2.45) is 0 Å². The molecule has 1 aromatic carbocycles. The maximum atomic E-state index is 5.41. The molecule has 12 heavy (non-hydrogen) atoms. The summed E-state index contributed by atoms with van der Waals surface area (Å²) in [7, 11) is 0. The van der Waals surface area contributed by atoms with Gasteiger partial charge in [0.05, 0.1) is 0 Å². The first kappa shape index (κ1) is 9.58. The lowest BCUT2D eigenvalue weighted by atomic mass is 10.3. The van der Waals surface area contributed by atoms with E-state index in [1.807, 2.05) is 43.3 Å². The molecule has 1 nitrogen and oxygen atoms in total. The molecule has 0 bridgehead atoms. The molecular weight excluding hydrogens is 263 g/mol. The van der Waals surface area contributed by atoms with Crippen LogP contribution in [0.3, 0.4) is 0 Å².